The second-order valence-electron chi connectivity index (χ2n) is 3.75. The van der Waals surface area contributed by atoms with Crippen LogP contribution < -0.4 is 4.90 Å². The Bertz CT molecular complexity index is 104. The molecule has 1 aliphatic rings. The maximum atomic E-state index is 9.50. The zero-order valence-corrected chi connectivity index (χ0v) is 7.09. The second-order valence-corrected chi connectivity index (χ2v) is 3.75. The van der Waals surface area contributed by atoms with Crippen LogP contribution in [0.25, 0.3) is 0 Å². The van der Waals surface area contributed by atoms with Gasteiger partial charge in [-0.15, -0.1) is 0 Å². The van der Waals surface area contributed by atoms with Crippen molar-refractivity contribution in [1.29, 1.82) is 0 Å². The van der Waals surface area contributed by atoms with E-state index in [-0.39, 0.29) is 6.10 Å². The molecule has 4 atom stereocenters. The lowest BCUT2D eigenvalue weighted by Gasteiger charge is -2.34. The minimum atomic E-state index is -0.0799. The van der Waals surface area contributed by atoms with E-state index in [1.165, 1.54) is 11.4 Å². The highest BCUT2D eigenvalue weighted by Gasteiger charge is 2.30. The first-order valence-electron chi connectivity index (χ1n) is 4.11. The van der Waals surface area contributed by atoms with Gasteiger partial charge in [-0.05, 0) is 13.3 Å². The van der Waals surface area contributed by atoms with E-state index in [1.807, 2.05) is 0 Å². The number of likely N-dealkylation sites (N-methyl/N-ethyl adjacent to an activating group) is 1. The van der Waals surface area contributed by atoms with Crippen molar-refractivity contribution in [3.8, 4) is 0 Å². The van der Waals surface area contributed by atoms with E-state index < -0.39 is 0 Å². The largest absolute Gasteiger partial charge is 0.387 e. The molecule has 0 bridgehead atoms. The topological polar surface area (TPSA) is 24.7 Å². The van der Waals surface area contributed by atoms with Crippen molar-refractivity contribution in [2.75, 3.05) is 13.6 Å². The number of aliphatic hydroxyl groups is 1. The van der Waals surface area contributed by atoms with Gasteiger partial charge >= 0.3 is 0 Å². The van der Waals surface area contributed by atoms with Crippen LogP contribution in [0.15, 0.2) is 0 Å². The number of piperidine rings is 1. The van der Waals surface area contributed by atoms with E-state index in [9.17, 15) is 5.11 Å². The fraction of sp³-hybridized carbons (Fsp3) is 1.00. The molecule has 0 aromatic heterocycles. The van der Waals surface area contributed by atoms with Gasteiger partial charge < -0.3 is 10.0 Å². The summed E-state index contributed by atoms with van der Waals surface area (Å²) in [5.74, 6) is 0.686. The Kier molecular flexibility index (Phi) is 2.32. The third kappa shape index (κ3) is 1.50. The Hall–Kier alpha value is -0.0800. The van der Waals surface area contributed by atoms with Gasteiger partial charge in [-0.2, -0.15) is 0 Å². The van der Waals surface area contributed by atoms with Crippen molar-refractivity contribution < 1.29 is 10.0 Å². The van der Waals surface area contributed by atoms with Crippen LogP contribution in [0.5, 0.6) is 0 Å². The minimum Gasteiger partial charge on any atom is -0.387 e. The zero-order chi connectivity index (χ0) is 7.72. The van der Waals surface area contributed by atoms with Gasteiger partial charge in [0.05, 0.1) is 13.6 Å². The average molecular weight is 144 g/mol. The van der Waals surface area contributed by atoms with Crippen molar-refractivity contribution in [2.45, 2.75) is 32.4 Å². The highest BCUT2D eigenvalue weighted by atomic mass is 16.3. The quantitative estimate of drug-likeness (QED) is 0.461. The maximum absolute atomic E-state index is 9.50. The number of aliphatic hydroxyl groups excluding tert-OH is 1. The van der Waals surface area contributed by atoms with E-state index in [1.54, 1.807) is 0 Å². The van der Waals surface area contributed by atoms with Crippen molar-refractivity contribution in [3.63, 3.8) is 0 Å². The summed E-state index contributed by atoms with van der Waals surface area (Å²) in [6.07, 6.45) is 0.905. The Labute approximate surface area is 62.8 Å². The summed E-state index contributed by atoms with van der Waals surface area (Å²) in [7, 11) is 2.16. The van der Waals surface area contributed by atoms with Gasteiger partial charge in [0.1, 0.15) is 12.1 Å². The second kappa shape index (κ2) is 2.89. The molecule has 2 heteroatoms. The lowest BCUT2D eigenvalue weighted by Crippen LogP contribution is -3.15. The standard InChI is InChI=1S/C8H17NO/c1-6-4-8(10)7(2)9(3)5-6/h6-8,10H,4-5H2,1-3H3/p+1/t6-,7+,8-/m1/s1. The number of rotatable bonds is 0. The van der Waals surface area contributed by atoms with Crippen molar-refractivity contribution >= 4 is 0 Å². The number of nitrogens with one attached hydrogen (secondary N) is 1. The molecule has 1 heterocycles. The molecule has 1 fully saturated rings. The smallest absolute Gasteiger partial charge is 0.111 e. The maximum Gasteiger partial charge on any atom is 0.111 e. The first-order valence-corrected chi connectivity index (χ1v) is 4.11. The number of likely N-dealkylation sites (tertiary alicyclic amines) is 1. The SMILES string of the molecule is C[C@@H]1C[C@@H](O)[C@H](C)[NH+](C)C1. The van der Waals surface area contributed by atoms with Gasteiger partial charge in [-0.25, -0.2) is 0 Å². The molecule has 0 spiro atoms. The summed E-state index contributed by atoms with van der Waals surface area (Å²) in [5.41, 5.74) is 0. The van der Waals surface area contributed by atoms with Crippen LogP contribution in [0.1, 0.15) is 20.3 Å². The Morgan fingerprint density at radius 1 is 1.40 bits per heavy atom. The minimum absolute atomic E-state index is 0.0799. The molecular weight excluding hydrogens is 126 g/mol. The van der Waals surface area contributed by atoms with E-state index in [4.69, 9.17) is 0 Å². The molecular formula is C8H18NO+. The number of hydrogen-bond acceptors (Lipinski definition) is 1. The predicted molar refractivity (Wildman–Crippen MR) is 41.0 cm³/mol. The lowest BCUT2D eigenvalue weighted by molar-refractivity contribution is -0.917. The molecule has 1 aliphatic heterocycles. The molecule has 0 saturated carbocycles. The molecule has 1 unspecified atom stereocenters. The molecule has 0 aromatic carbocycles. The van der Waals surface area contributed by atoms with Crippen molar-refractivity contribution in [2.24, 2.45) is 5.92 Å². The molecule has 0 aliphatic carbocycles. The summed E-state index contributed by atoms with van der Waals surface area (Å²) in [6.45, 7) is 5.53. The van der Waals surface area contributed by atoms with Crippen LogP contribution in [0.3, 0.4) is 0 Å². The molecule has 10 heavy (non-hydrogen) atoms. The van der Waals surface area contributed by atoms with Gasteiger partial charge in [-0.1, -0.05) is 6.92 Å². The van der Waals surface area contributed by atoms with Gasteiger partial charge in [0.25, 0.3) is 0 Å². The Balaban J connectivity index is 2.49. The monoisotopic (exact) mass is 144 g/mol. The first kappa shape index (κ1) is 8.02. The van der Waals surface area contributed by atoms with E-state index >= 15 is 0 Å². The molecule has 60 valence electrons. The van der Waals surface area contributed by atoms with Crippen molar-refractivity contribution in [1.82, 2.24) is 0 Å². The Morgan fingerprint density at radius 2 is 2.00 bits per heavy atom. The van der Waals surface area contributed by atoms with Crippen LogP contribution in [-0.2, 0) is 0 Å². The lowest BCUT2D eigenvalue weighted by atomic mass is 9.93. The molecule has 1 saturated heterocycles. The summed E-state index contributed by atoms with van der Waals surface area (Å²) in [4.78, 5) is 1.46. The third-order valence-electron chi connectivity index (χ3n) is 2.67. The van der Waals surface area contributed by atoms with Crippen LogP contribution in [0, 0.1) is 5.92 Å². The molecule has 0 aromatic rings. The summed E-state index contributed by atoms with van der Waals surface area (Å²) in [6, 6.07) is 0.427. The summed E-state index contributed by atoms with van der Waals surface area (Å²) < 4.78 is 0. The first-order chi connectivity index (χ1) is 4.61. The number of hydrogen-bond donors (Lipinski definition) is 2. The van der Waals surface area contributed by atoms with Crippen LogP contribution in [0.4, 0.5) is 0 Å². The van der Waals surface area contributed by atoms with Crippen LogP contribution >= 0.6 is 0 Å². The van der Waals surface area contributed by atoms with Crippen LogP contribution in [-0.4, -0.2) is 30.8 Å². The number of quaternary nitrogens is 1. The summed E-state index contributed by atoms with van der Waals surface area (Å²) >= 11 is 0. The van der Waals surface area contributed by atoms with Gasteiger partial charge in [-0.3, -0.25) is 0 Å². The third-order valence-corrected chi connectivity index (χ3v) is 2.67. The van der Waals surface area contributed by atoms with Crippen molar-refractivity contribution in [3.05, 3.63) is 0 Å². The van der Waals surface area contributed by atoms with Gasteiger partial charge in [0.2, 0.25) is 0 Å². The predicted octanol–water partition coefficient (Wildman–Crippen LogP) is -0.710. The molecule has 2 N–H and O–H groups in total. The van der Waals surface area contributed by atoms with Gasteiger partial charge in [0, 0.05) is 5.92 Å². The molecule has 0 amide bonds. The fourth-order valence-electron chi connectivity index (χ4n) is 1.76. The van der Waals surface area contributed by atoms with E-state index in [0.29, 0.717) is 12.0 Å². The van der Waals surface area contributed by atoms with E-state index in [0.717, 1.165) is 6.42 Å². The Morgan fingerprint density at radius 3 is 2.50 bits per heavy atom. The average Bonchev–Trinajstić information content (AvgIpc) is 1.82. The summed E-state index contributed by atoms with van der Waals surface area (Å²) in [5, 5.41) is 9.50. The van der Waals surface area contributed by atoms with Crippen LogP contribution in [0.2, 0.25) is 0 Å². The zero-order valence-electron chi connectivity index (χ0n) is 7.09. The fourth-order valence-corrected chi connectivity index (χ4v) is 1.76. The molecule has 1 rings (SSSR count). The highest BCUT2D eigenvalue weighted by Crippen LogP contribution is 2.09. The van der Waals surface area contributed by atoms with Gasteiger partial charge in [0.15, 0.2) is 0 Å². The van der Waals surface area contributed by atoms with E-state index in [2.05, 4.69) is 20.9 Å². The molecule has 2 nitrogen and oxygen atoms in total. The molecule has 0 radical (unpaired) electrons. The normalized spacial score (nSPS) is 49.2. The highest BCUT2D eigenvalue weighted by molar-refractivity contribution is 4.70.